The standard InChI is InChI=1S/C20H20N4O5/c1-27-15-7-4-13(5-8-15)19-22-20(29-23-19)14-6-9-17(18(11-14)24(25)26)21-12-16-3-2-10-28-16/h4-9,11,16,21H,2-3,10,12H2,1H3/t16-/m1/s1. The Morgan fingerprint density at radius 2 is 2.03 bits per heavy atom. The molecule has 3 aromatic rings. The van der Waals surface area contributed by atoms with Crippen LogP contribution in [0.15, 0.2) is 47.0 Å². The quantitative estimate of drug-likeness (QED) is 0.472. The van der Waals surface area contributed by atoms with Gasteiger partial charge in [-0.1, -0.05) is 5.16 Å². The molecule has 9 nitrogen and oxygen atoms in total. The van der Waals surface area contributed by atoms with Crippen LogP contribution in [0.3, 0.4) is 0 Å². The highest BCUT2D eigenvalue weighted by Crippen LogP contribution is 2.31. The van der Waals surface area contributed by atoms with Crippen LogP contribution >= 0.6 is 0 Å². The number of ether oxygens (including phenoxy) is 2. The number of nitro groups is 1. The summed E-state index contributed by atoms with van der Waals surface area (Å²) in [7, 11) is 1.59. The fourth-order valence-electron chi connectivity index (χ4n) is 3.19. The number of nitrogens with zero attached hydrogens (tertiary/aromatic N) is 3. The summed E-state index contributed by atoms with van der Waals surface area (Å²) in [5.74, 6) is 1.33. The van der Waals surface area contributed by atoms with E-state index in [1.807, 2.05) is 12.1 Å². The molecule has 0 bridgehead atoms. The summed E-state index contributed by atoms with van der Waals surface area (Å²) in [5.41, 5.74) is 1.62. The monoisotopic (exact) mass is 396 g/mol. The molecule has 0 unspecified atom stereocenters. The molecule has 1 fully saturated rings. The van der Waals surface area contributed by atoms with E-state index in [0.29, 0.717) is 23.6 Å². The van der Waals surface area contributed by atoms with Gasteiger partial charge in [-0.2, -0.15) is 4.98 Å². The molecule has 9 heteroatoms. The number of aromatic nitrogens is 2. The third-order valence-electron chi connectivity index (χ3n) is 4.76. The molecule has 29 heavy (non-hydrogen) atoms. The van der Waals surface area contributed by atoms with E-state index in [1.165, 1.54) is 6.07 Å². The number of rotatable bonds is 7. The van der Waals surface area contributed by atoms with Crippen molar-refractivity contribution >= 4 is 11.4 Å². The summed E-state index contributed by atoms with van der Waals surface area (Å²) < 4.78 is 16.0. The number of methoxy groups -OCH3 is 1. The first kappa shape index (κ1) is 18.9. The van der Waals surface area contributed by atoms with Crippen LogP contribution in [-0.4, -0.2) is 41.4 Å². The molecule has 1 aromatic heterocycles. The highest BCUT2D eigenvalue weighted by molar-refractivity contribution is 5.70. The maximum Gasteiger partial charge on any atom is 0.293 e. The molecule has 1 aliphatic heterocycles. The van der Waals surface area contributed by atoms with Gasteiger partial charge in [0.2, 0.25) is 5.82 Å². The van der Waals surface area contributed by atoms with Crippen molar-refractivity contribution in [1.29, 1.82) is 0 Å². The van der Waals surface area contributed by atoms with Gasteiger partial charge in [0.15, 0.2) is 0 Å². The molecule has 2 heterocycles. The second-order valence-electron chi connectivity index (χ2n) is 6.66. The van der Waals surface area contributed by atoms with Crippen LogP contribution in [-0.2, 0) is 4.74 Å². The van der Waals surface area contributed by atoms with Gasteiger partial charge in [0.05, 0.1) is 18.1 Å². The average Bonchev–Trinajstić information content (AvgIpc) is 3.44. The van der Waals surface area contributed by atoms with Crippen molar-refractivity contribution in [2.24, 2.45) is 0 Å². The Labute approximate surface area is 166 Å². The van der Waals surface area contributed by atoms with Gasteiger partial charge in [0, 0.05) is 30.3 Å². The number of benzene rings is 2. The van der Waals surface area contributed by atoms with Crippen molar-refractivity contribution in [3.05, 3.63) is 52.6 Å². The van der Waals surface area contributed by atoms with E-state index in [4.69, 9.17) is 14.0 Å². The van der Waals surface area contributed by atoms with Crippen molar-refractivity contribution in [3.8, 4) is 28.6 Å². The fourth-order valence-corrected chi connectivity index (χ4v) is 3.19. The van der Waals surface area contributed by atoms with E-state index < -0.39 is 4.92 Å². The summed E-state index contributed by atoms with van der Waals surface area (Å²) in [6, 6.07) is 12.0. The number of hydrogen-bond acceptors (Lipinski definition) is 8. The van der Waals surface area contributed by atoms with Gasteiger partial charge in [-0.05, 0) is 49.2 Å². The topological polar surface area (TPSA) is 113 Å². The third kappa shape index (κ3) is 4.19. The van der Waals surface area contributed by atoms with Crippen LogP contribution in [0, 0.1) is 10.1 Å². The molecule has 0 aliphatic carbocycles. The Morgan fingerprint density at radius 1 is 1.24 bits per heavy atom. The third-order valence-corrected chi connectivity index (χ3v) is 4.76. The zero-order chi connectivity index (χ0) is 20.2. The molecule has 2 aromatic carbocycles. The normalized spacial score (nSPS) is 16.0. The van der Waals surface area contributed by atoms with E-state index in [-0.39, 0.29) is 17.7 Å². The lowest BCUT2D eigenvalue weighted by molar-refractivity contribution is -0.383. The summed E-state index contributed by atoms with van der Waals surface area (Å²) in [6.45, 7) is 1.27. The van der Waals surface area contributed by atoms with E-state index in [2.05, 4.69) is 15.5 Å². The SMILES string of the molecule is COc1ccc(-c2noc(-c3ccc(NC[C@H]4CCCO4)c([N+](=O)[O-])c3)n2)cc1. The Kier molecular flexibility index (Phi) is 5.39. The van der Waals surface area contributed by atoms with Gasteiger partial charge in [-0.25, -0.2) is 0 Å². The van der Waals surface area contributed by atoms with Crippen molar-refractivity contribution < 1.29 is 18.9 Å². The first-order valence-corrected chi connectivity index (χ1v) is 9.26. The molecule has 1 atom stereocenters. The van der Waals surface area contributed by atoms with E-state index in [9.17, 15) is 10.1 Å². The van der Waals surface area contributed by atoms with Crippen LogP contribution in [0.1, 0.15) is 12.8 Å². The van der Waals surface area contributed by atoms with Crippen LogP contribution in [0.25, 0.3) is 22.8 Å². The van der Waals surface area contributed by atoms with E-state index >= 15 is 0 Å². The molecule has 1 N–H and O–H groups in total. The van der Waals surface area contributed by atoms with Gasteiger partial charge in [0.25, 0.3) is 11.6 Å². The second kappa shape index (κ2) is 8.27. The number of anilines is 1. The maximum atomic E-state index is 11.5. The predicted octanol–water partition coefficient (Wildman–Crippen LogP) is 3.91. The van der Waals surface area contributed by atoms with Crippen molar-refractivity contribution in [3.63, 3.8) is 0 Å². The predicted molar refractivity (Wildman–Crippen MR) is 106 cm³/mol. The molecule has 1 saturated heterocycles. The zero-order valence-electron chi connectivity index (χ0n) is 15.8. The molecule has 0 radical (unpaired) electrons. The Bertz CT molecular complexity index is 996. The van der Waals surface area contributed by atoms with Crippen molar-refractivity contribution in [2.45, 2.75) is 18.9 Å². The maximum absolute atomic E-state index is 11.5. The highest BCUT2D eigenvalue weighted by Gasteiger charge is 2.21. The smallest absolute Gasteiger partial charge is 0.293 e. The average molecular weight is 396 g/mol. The minimum absolute atomic E-state index is 0.0512. The Balaban J connectivity index is 1.55. The lowest BCUT2D eigenvalue weighted by Crippen LogP contribution is -2.18. The molecule has 0 saturated carbocycles. The summed E-state index contributed by atoms with van der Waals surface area (Å²) in [4.78, 5) is 15.5. The van der Waals surface area contributed by atoms with E-state index in [0.717, 1.165) is 30.8 Å². The van der Waals surface area contributed by atoms with Crippen molar-refractivity contribution in [1.82, 2.24) is 10.1 Å². The van der Waals surface area contributed by atoms with Gasteiger partial charge < -0.3 is 19.3 Å². The largest absolute Gasteiger partial charge is 0.497 e. The van der Waals surface area contributed by atoms with E-state index in [1.54, 1.807) is 31.4 Å². The van der Waals surface area contributed by atoms with Crippen LogP contribution < -0.4 is 10.1 Å². The number of nitrogens with one attached hydrogen (secondary N) is 1. The number of hydrogen-bond donors (Lipinski definition) is 1. The first-order valence-electron chi connectivity index (χ1n) is 9.26. The molecule has 1 aliphatic rings. The van der Waals surface area contributed by atoms with Gasteiger partial charge in [0.1, 0.15) is 11.4 Å². The summed E-state index contributed by atoms with van der Waals surface area (Å²) >= 11 is 0. The Morgan fingerprint density at radius 3 is 2.72 bits per heavy atom. The minimum atomic E-state index is -0.428. The lowest BCUT2D eigenvalue weighted by Gasteiger charge is -2.12. The lowest BCUT2D eigenvalue weighted by atomic mass is 10.1. The molecule has 0 amide bonds. The fraction of sp³-hybridized carbons (Fsp3) is 0.300. The van der Waals surface area contributed by atoms with Gasteiger partial charge >= 0.3 is 0 Å². The first-order chi connectivity index (χ1) is 14.1. The second-order valence-corrected chi connectivity index (χ2v) is 6.66. The molecule has 0 spiro atoms. The minimum Gasteiger partial charge on any atom is -0.497 e. The molecular formula is C20H20N4O5. The van der Waals surface area contributed by atoms with Crippen LogP contribution in [0.4, 0.5) is 11.4 Å². The zero-order valence-corrected chi connectivity index (χ0v) is 15.8. The summed E-state index contributed by atoms with van der Waals surface area (Å²) in [6.07, 6.45) is 2.05. The van der Waals surface area contributed by atoms with Gasteiger partial charge in [-0.15, -0.1) is 0 Å². The summed E-state index contributed by atoms with van der Waals surface area (Å²) in [5, 5.41) is 18.6. The van der Waals surface area contributed by atoms with Crippen LogP contribution in [0.5, 0.6) is 5.75 Å². The highest BCUT2D eigenvalue weighted by atomic mass is 16.6. The van der Waals surface area contributed by atoms with Crippen LogP contribution in [0.2, 0.25) is 0 Å². The molecule has 150 valence electrons. The van der Waals surface area contributed by atoms with Crippen molar-refractivity contribution in [2.75, 3.05) is 25.6 Å². The Hall–Kier alpha value is -3.46. The molecule has 4 rings (SSSR count). The molecular weight excluding hydrogens is 376 g/mol. The van der Waals surface area contributed by atoms with Gasteiger partial charge in [-0.3, -0.25) is 10.1 Å². The number of nitro benzene ring substituents is 1.